The van der Waals surface area contributed by atoms with Crippen molar-refractivity contribution >= 4 is 47.8 Å². The molecule has 2 rings (SSSR count). The lowest BCUT2D eigenvalue weighted by Gasteiger charge is -2.35. The van der Waals surface area contributed by atoms with E-state index < -0.39 is 35.6 Å². The summed E-state index contributed by atoms with van der Waals surface area (Å²) in [6, 6.07) is 9.11. The second-order valence-electron chi connectivity index (χ2n) is 10.4. The molecule has 3 amide bonds. The fourth-order valence-electron chi connectivity index (χ4n) is 4.03. The molecule has 208 valence electrons. The predicted octanol–water partition coefficient (Wildman–Crippen LogP) is 6.40. The summed E-state index contributed by atoms with van der Waals surface area (Å²) in [5.41, 5.74) is 3.16. The van der Waals surface area contributed by atoms with E-state index in [0.717, 1.165) is 23.1 Å². The van der Waals surface area contributed by atoms with Gasteiger partial charge in [-0.05, 0) is 76.3 Å². The summed E-state index contributed by atoms with van der Waals surface area (Å²) in [7, 11) is 0. The summed E-state index contributed by atoms with van der Waals surface area (Å²) in [4.78, 5) is 42.1. The third kappa shape index (κ3) is 8.40. The fraction of sp³-hybridized carbons (Fsp3) is 0.483. The molecule has 0 radical (unpaired) electrons. The van der Waals surface area contributed by atoms with Crippen molar-refractivity contribution < 1.29 is 19.1 Å². The average Bonchev–Trinajstić information content (AvgIpc) is 2.83. The number of carbonyl (C=O) groups excluding carboxylic acids is 3. The summed E-state index contributed by atoms with van der Waals surface area (Å²) in [5.74, 6) is -0.781. The van der Waals surface area contributed by atoms with Crippen LogP contribution in [0.25, 0.3) is 0 Å². The minimum absolute atomic E-state index is 0.0332. The molecule has 9 heteroatoms. The van der Waals surface area contributed by atoms with Crippen molar-refractivity contribution in [1.82, 2.24) is 10.2 Å². The number of aryl methyl sites for hydroxylation is 2. The van der Waals surface area contributed by atoms with Crippen LogP contribution in [0.15, 0.2) is 36.4 Å². The first-order chi connectivity index (χ1) is 17.8. The third-order valence-corrected chi connectivity index (χ3v) is 6.86. The van der Waals surface area contributed by atoms with E-state index in [-0.39, 0.29) is 5.75 Å². The Bertz CT molecular complexity index is 1130. The van der Waals surface area contributed by atoms with Crippen molar-refractivity contribution in [3.8, 4) is 0 Å². The maximum absolute atomic E-state index is 14.0. The molecule has 2 aromatic carbocycles. The Kier molecular flexibility index (Phi) is 11.5. The average molecular weight is 562 g/mol. The van der Waals surface area contributed by atoms with Crippen molar-refractivity contribution in [3.63, 3.8) is 0 Å². The highest BCUT2D eigenvalue weighted by molar-refractivity contribution is 7.80. The zero-order valence-corrected chi connectivity index (χ0v) is 25.0. The number of nitrogens with one attached hydrogen (secondary N) is 2. The Morgan fingerprint density at radius 2 is 1.68 bits per heavy atom. The van der Waals surface area contributed by atoms with Crippen LogP contribution in [-0.2, 0) is 14.3 Å². The molecule has 0 fully saturated rings. The van der Waals surface area contributed by atoms with Gasteiger partial charge in [0.2, 0.25) is 5.91 Å². The zero-order chi connectivity index (χ0) is 28.6. The van der Waals surface area contributed by atoms with Gasteiger partial charge in [0.05, 0.1) is 10.7 Å². The lowest BCUT2D eigenvalue weighted by molar-refractivity contribution is -0.140. The van der Waals surface area contributed by atoms with E-state index in [4.69, 9.17) is 16.3 Å². The van der Waals surface area contributed by atoms with Gasteiger partial charge < -0.3 is 20.3 Å². The van der Waals surface area contributed by atoms with Crippen molar-refractivity contribution in [3.05, 3.63) is 63.7 Å². The summed E-state index contributed by atoms with van der Waals surface area (Å²) in [6.07, 6.45) is 0.747. The predicted molar refractivity (Wildman–Crippen MR) is 157 cm³/mol. The van der Waals surface area contributed by atoms with Gasteiger partial charge in [-0.25, -0.2) is 4.79 Å². The zero-order valence-electron chi connectivity index (χ0n) is 23.4. The minimum Gasteiger partial charge on any atom is -0.444 e. The van der Waals surface area contributed by atoms with E-state index in [0.29, 0.717) is 29.2 Å². The van der Waals surface area contributed by atoms with Crippen LogP contribution in [0, 0.1) is 20.8 Å². The second-order valence-corrected chi connectivity index (χ2v) is 11.2. The van der Waals surface area contributed by atoms with Crippen LogP contribution < -0.4 is 10.6 Å². The van der Waals surface area contributed by atoms with Gasteiger partial charge in [-0.3, -0.25) is 9.59 Å². The summed E-state index contributed by atoms with van der Waals surface area (Å²) < 4.78 is 5.37. The van der Waals surface area contributed by atoms with Gasteiger partial charge in [-0.2, -0.15) is 12.6 Å². The highest BCUT2D eigenvalue weighted by Gasteiger charge is 2.36. The van der Waals surface area contributed by atoms with Crippen LogP contribution >= 0.6 is 24.2 Å². The largest absolute Gasteiger partial charge is 0.444 e. The first kappa shape index (κ1) is 31.5. The number of thiol groups is 1. The van der Waals surface area contributed by atoms with Gasteiger partial charge in [-0.1, -0.05) is 55.3 Å². The molecule has 0 aliphatic carbocycles. The number of amides is 3. The topological polar surface area (TPSA) is 87.7 Å². The number of rotatable bonds is 10. The summed E-state index contributed by atoms with van der Waals surface area (Å²) >= 11 is 10.8. The molecule has 0 aromatic heterocycles. The van der Waals surface area contributed by atoms with Crippen LogP contribution in [0.4, 0.5) is 10.5 Å². The molecule has 0 spiro atoms. The molecule has 0 bridgehead atoms. The first-order valence-corrected chi connectivity index (χ1v) is 13.8. The van der Waals surface area contributed by atoms with Crippen LogP contribution in [0.2, 0.25) is 5.02 Å². The number of unbranched alkanes of at least 4 members (excludes halogenated alkanes) is 1. The van der Waals surface area contributed by atoms with Crippen molar-refractivity contribution in [1.29, 1.82) is 0 Å². The molecule has 0 aliphatic rings. The number of para-hydroxylation sites is 1. The van der Waals surface area contributed by atoms with E-state index in [1.165, 1.54) is 4.90 Å². The Morgan fingerprint density at radius 1 is 1.05 bits per heavy atom. The maximum Gasteiger partial charge on any atom is 0.408 e. The quantitative estimate of drug-likeness (QED) is 0.293. The van der Waals surface area contributed by atoms with E-state index in [9.17, 15) is 14.4 Å². The van der Waals surface area contributed by atoms with Crippen LogP contribution in [-0.4, -0.2) is 46.7 Å². The van der Waals surface area contributed by atoms with Crippen LogP contribution in [0.5, 0.6) is 0 Å². The van der Waals surface area contributed by atoms with Gasteiger partial charge in [0.15, 0.2) is 0 Å². The number of benzene rings is 2. The van der Waals surface area contributed by atoms with Gasteiger partial charge in [0.25, 0.3) is 5.91 Å². The van der Waals surface area contributed by atoms with E-state index in [2.05, 4.69) is 23.3 Å². The summed E-state index contributed by atoms with van der Waals surface area (Å²) in [6.45, 7) is 13.3. The number of nitrogens with zero attached hydrogens (tertiary/aromatic N) is 1. The number of hydrogen-bond donors (Lipinski definition) is 3. The molecule has 38 heavy (non-hydrogen) atoms. The van der Waals surface area contributed by atoms with Crippen molar-refractivity contribution in [2.45, 2.75) is 79.0 Å². The SMILES string of the molecule is CCCCN(C(=O)C(CS)NC(=O)OC(C)(C)C)C(C(=O)Nc1c(C)cccc1Cl)c1cccc(C)c1C. The summed E-state index contributed by atoms with van der Waals surface area (Å²) in [5, 5.41) is 6.01. The molecule has 0 aliphatic heterocycles. The van der Waals surface area contributed by atoms with Crippen LogP contribution in [0.3, 0.4) is 0 Å². The number of anilines is 1. The Balaban J connectivity index is 2.57. The lowest BCUT2D eigenvalue weighted by Crippen LogP contribution is -2.53. The number of halogens is 1. The highest BCUT2D eigenvalue weighted by Crippen LogP contribution is 2.31. The monoisotopic (exact) mass is 561 g/mol. The molecule has 0 saturated heterocycles. The normalized spacial score (nSPS) is 12.9. The smallest absolute Gasteiger partial charge is 0.408 e. The van der Waals surface area contributed by atoms with E-state index in [1.807, 2.05) is 58.0 Å². The molecular weight excluding hydrogens is 522 g/mol. The molecule has 7 nitrogen and oxygen atoms in total. The maximum atomic E-state index is 14.0. The van der Waals surface area contributed by atoms with Gasteiger partial charge in [0, 0.05) is 12.3 Å². The molecule has 0 saturated carbocycles. The molecule has 2 atom stereocenters. The molecule has 2 unspecified atom stereocenters. The number of hydrogen-bond acceptors (Lipinski definition) is 5. The highest BCUT2D eigenvalue weighted by atomic mass is 35.5. The number of alkyl carbamates (subject to hydrolysis) is 1. The Hall–Kier alpha value is -2.71. The van der Waals surface area contributed by atoms with Crippen molar-refractivity contribution in [2.75, 3.05) is 17.6 Å². The van der Waals surface area contributed by atoms with Gasteiger partial charge in [0.1, 0.15) is 17.7 Å². The third-order valence-electron chi connectivity index (χ3n) is 6.18. The fourth-order valence-corrected chi connectivity index (χ4v) is 4.55. The number of carbonyl (C=O) groups is 3. The molecule has 2 aromatic rings. The lowest BCUT2D eigenvalue weighted by atomic mass is 9.94. The molecule has 0 heterocycles. The first-order valence-electron chi connectivity index (χ1n) is 12.8. The standard InChI is InChI=1S/C29H40ClN3O4S/c1-8-9-16-33(27(35)23(17-38)31-28(36)37-29(5,6)7)25(21-14-10-12-18(2)20(21)4)26(34)32-24-19(3)13-11-15-22(24)30/h10-15,23,25,38H,8-9,16-17H2,1-7H3,(H,31,36)(H,32,34). The van der Waals surface area contributed by atoms with Gasteiger partial charge in [-0.15, -0.1) is 0 Å². The number of ether oxygens (including phenoxy) is 1. The minimum atomic E-state index is -0.993. The molecule has 2 N–H and O–H groups in total. The Labute approximate surface area is 237 Å². The van der Waals surface area contributed by atoms with Gasteiger partial charge >= 0.3 is 6.09 Å². The van der Waals surface area contributed by atoms with Crippen LogP contribution in [0.1, 0.15) is 68.8 Å². The Morgan fingerprint density at radius 3 is 2.26 bits per heavy atom. The van der Waals surface area contributed by atoms with E-state index >= 15 is 0 Å². The van der Waals surface area contributed by atoms with Crippen molar-refractivity contribution in [2.24, 2.45) is 0 Å². The second kappa shape index (κ2) is 13.9. The van der Waals surface area contributed by atoms with E-state index in [1.54, 1.807) is 26.8 Å². The molecular formula is C29H40ClN3O4S.